The van der Waals surface area contributed by atoms with Crippen LogP contribution in [0.2, 0.25) is 0 Å². The molecule has 9 heteroatoms. The van der Waals surface area contributed by atoms with Crippen LogP contribution in [-0.4, -0.2) is 47.2 Å². The molecule has 156 valence electrons. The number of hydrogen-bond donors (Lipinski definition) is 1. The second-order valence-electron chi connectivity index (χ2n) is 7.25. The number of halogens is 1. The molecule has 0 radical (unpaired) electrons. The Labute approximate surface area is 172 Å². The number of likely N-dealkylation sites (N-methyl/N-ethyl adjacent to an activating group) is 1. The fourth-order valence-electron chi connectivity index (χ4n) is 4.06. The monoisotopic (exact) mass is 430 g/mol. The molecule has 0 spiro atoms. The number of nitrogens with zero attached hydrogens (tertiary/aromatic N) is 2. The van der Waals surface area contributed by atoms with Crippen LogP contribution in [0.5, 0.6) is 0 Å². The lowest BCUT2D eigenvalue weighted by atomic mass is 9.99. The van der Waals surface area contributed by atoms with Crippen molar-refractivity contribution in [2.75, 3.05) is 7.05 Å². The first kappa shape index (κ1) is 20.2. The number of aromatic nitrogens is 1. The van der Waals surface area contributed by atoms with Gasteiger partial charge in [0, 0.05) is 36.2 Å². The third-order valence-electron chi connectivity index (χ3n) is 5.61. The number of fused-ring (bicyclic) bond motifs is 3. The van der Waals surface area contributed by atoms with Crippen molar-refractivity contribution in [1.29, 1.82) is 0 Å². The van der Waals surface area contributed by atoms with Crippen molar-refractivity contribution in [2.45, 2.75) is 30.3 Å². The number of hydrogen-bond acceptors (Lipinski definition) is 4. The summed E-state index contributed by atoms with van der Waals surface area (Å²) in [7, 11) is -2.37. The molecule has 4 rings (SSSR count). The van der Waals surface area contributed by atoms with Gasteiger partial charge in [0.15, 0.2) is 0 Å². The topological polar surface area (TPSA) is 96.7 Å². The molecule has 0 saturated carbocycles. The maximum atomic E-state index is 13.2. The first-order chi connectivity index (χ1) is 14.2. The van der Waals surface area contributed by atoms with E-state index < -0.39 is 33.6 Å². The van der Waals surface area contributed by atoms with Crippen LogP contribution in [0.1, 0.15) is 22.5 Å². The van der Waals surface area contributed by atoms with Crippen molar-refractivity contribution in [1.82, 2.24) is 8.87 Å². The molecular weight excluding hydrogens is 411 g/mol. The number of sulfonamides is 1. The molecule has 0 aliphatic carbocycles. The van der Waals surface area contributed by atoms with Crippen LogP contribution in [0.15, 0.2) is 53.4 Å². The van der Waals surface area contributed by atoms with Gasteiger partial charge in [-0.2, -0.15) is 4.31 Å². The summed E-state index contributed by atoms with van der Waals surface area (Å²) in [6.45, 7) is 0.277. The van der Waals surface area contributed by atoms with Crippen LogP contribution in [0, 0.1) is 5.82 Å². The lowest BCUT2D eigenvalue weighted by Crippen LogP contribution is -2.42. The summed E-state index contributed by atoms with van der Waals surface area (Å²) < 4.78 is 42.2. The summed E-state index contributed by atoms with van der Waals surface area (Å²) in [5.74, 6) is -3.01. The maximum Gasteiger partial charge on any atom is 0.377 e. The zero-order chi connectivity index (χ0) is 21.6. The summed E-state index contributed by atoms with van der Waals surface area (Å²) in [6.07, 6.45) is 0.782. The molecule has 0 saturated heterocycles. The average Bonchev–Trinajstić information content (AvgIpc) is 3.06. The first-order valence-corrected chi connectivity index (χ1v) is 10.8. The van der Waals surface area contributed by atoms with Gasteiger partial charge in [0.2, 0.25) is 10.0 Å². The molecule has 1 aliphatic heterocycles. The number of para-hydroxylation sites is 1. The highest BCUT2D eigenvalue weighted by molar-refractivity contribution is 7.89. The normalized spacial score (nSPS) is 16.6. The Hall–Kier alpha value is -3.04. The van der Waals surface area contributed by atoms with Gasteiger partial charge >= 0.3 is 5.97 Å². The smallest absolute Gasteiger partial charge is 0.377 e. The highest BCUT2D eigenvalue weighted by Gasteiger charge is 2.35. The molecule has 1 unspecified atom stereocenters. The molecule has 2 aromatic carbocycles. The number of benzene rings is 2. The maximum absolute atomic E-state index is 13.2. The first-order valence-electron chi connectivity index (χ1n) is 9.33. The summed E-state index contributed by atoms with van der Waals surface area (Å²) in [4.78, 5) is 23.7. The van der Waals surface area contributed by atoms with Gasteiger partial charge in [0.1, 0.15) is 5.82 Å². The highest BCUT2D eigenvalue weighted by atomic mass is 32.2. The standard InChI is InChI=1S/C21H19FN2O5S/c1-23(30(28,29)15-9-6-13(22)7-10-15)14-8-11-18-19(20(25)21(26)27)16-4-2-3-5-17(16)24(18)12-14/h2-7,9-10,14H,8,11-12H2,1H3,(H,26,27). The van der Waals surface area contributed by atoms with E-state index in [2.05, 4.69) is 0 Å². The highest BCUT2D eigenvalue weighted by Crippen LogP contribution is 2.33. The number of rotatable bonds is 5. The van der Waals surface area contributed by atoms with Crippen molar-refractivity contribution in [3.05, 3.63) is 65.6 Å². The lowest BCUT2D eigenvalue weighted by molar-refractivity contribution is -0.131. The van der Waals surface area contributed by atoms with Gasteiger partial charge in [-0.3, -0.25) is 4.79 Å². The molecule has 1 atom stereocenters. The van der Waals surface area contributed by atoms with Crippen LogP contribution in [0.25, 0.3) is 10.9 Å². The summed E-state index contributed by atoms with van der Waals surface area (Å²) in [5, 5.41) is 9.78. The molecule has 1 aromatic heterocycles. The van der Waals surface area contributed by atoms with E-state index in [9.17, 15) is 27.5 Å². The Kier molecular flexibility index (Phi) is 4.95. The predicted octanol–water partition coefficient (Wildman–Crippen LogP) is 2.68. The Morgan fingerprint density at radius 1 is 1.13 bits per heavy atom. The third kappa shape index (κ3) is 3.20. The number of carbonyl (C=O) groups is 2. The molecule has 30 heavy (non-hydrogen) atoms. The van der Waals surface area contributed by atoms with E-state index >= 15 is 0 Å². The predicted molar refractivity (Wildman–Crippen MR) is 107 cm³/mol. The Balaban J connectivity index is 1.73. The van der Waals surface area contributed by atoms with Gasteiger partial charge in [-0.15, -0.1) is 0 Å². The van der Waals surface area contributed by atoms with Gasteiger partial charge in [0.25, 0.3) is 5.78 Å². The second kappa shape index (κ2) is 7.33. The van der Waals surface area contributed by atoms with Crippen molar-refractivity contribution in [3.63, 3.8) is 0 Å². The van der Waals surface area contributed by atoms with Gasteiger partial charge in [-0.05, 0) is 43.2 Å². The molecule has 7 nitrogen and oxygen atoms in total. The van der Waals surface area contributed by atoms with Crippen molar-refractivity contribution >= 4 is 32.7 Å². The summed E-state index contributed by atoms with van der Waals surface area (Å²) >= 11 is 0. The van der Waals surface area contributed by atoms with Crippen molar-refractivity contribution < 1.29 is 27.5 Å². The molecule has 1 N–H and O–H groups in total. The third-order valence-corrected chi connectivity index (χ3v) is 7.54. The molecule has 3 aromatic rings. The van der Waals surface area contributed by atoms with Crippen molar-refractivity contribution in [2.24, 2.45) is 0 Å². The van der Waals surface area contributed by atoms with E-state index in [0.717, 1.165) is 12.1 Å². The molecule has 0 fully saturated rings. The van der Waals surface area contributed by atoms with Gasteiger partial charge < -0.3 is 9.67 Å². The Morgan fingerprint density at radius 2 is 1.80 bits per heavy atom. The second-order valence-corrected chi connectivity index (χ2v) is 9.25. The zero-order valence-electron chi connectivity index (χ0n) is 16.1. The van der Waals surface area contributed by atoms with Gasteiger partial charge in [-0.1, -0.05) is 18.2 Å². The van der Waals surface area contributed by atoms with Crippen LogP contribution < -0.4 is 0 Å². The Bertz CT molecular complexity index is 1260. The van der Waals surface area contributed by atoms with Crippen LogP contribution in [-0.2, 0) is 27.8 Å². The molecule has 2 heterocycles. The SMILES string of the molecule is CN(C1CCc2c(C(=O)C(=O)O)c3ccccc3n2C1)S(=O)(=O)c1ccc(F)cc1. The zero-order valence-corrected chi connectivity index (χ0v) is 16.9. The fraction of sp³-hybridized carbons (Fsp3) is 0.238. The number of ketones is 1. The van der Waals surface area contributed by atoms with E-state index in [4.69, 9.17) is 0 Å². The fourth-order valence-corrected chi connectivity index (χ4v) is 5.43. The minimum Gasteiger partial charge on any atom is -0.475 e. The molecule has 1 aliphatic rings. The van der Waals surface area contributed by atoms with Crippen LogP contribution in [0.3, 0.4) is 0 Å². The average molecular weight is 430 g/mol. The van der Waals surface area contributed by atoms with E-state index in [1.807, 2.05) is 4.57 Å². The largest absolute Gasteiger partial charge is 0.475 e. The van der Waals surface area contributed by atoms with Crippen LogP contribution in [0.4, 0.5) is 4.39 Å². The minimum atomic E-state index is -3.84. The number of Topliss-reactive ketones (excluding diaryl/α,β-unsaturated/α-hetero) is 1. The summed E-state index contributed by atoms with van der Waals surface area (Å²) in [5.41, 5.74) is 1.46. The van der Waals surface area contributed by atoms with E-state index in [1.165, 1.54) is 23.5 Å². The van der Waals surface area contributed by atoms with Gasteiger partial charge in [0.05, 0.1) is 10.5 Å². The van der Waals surface area contributed by atoms with E-state index in [0.29, 0.717) is 29.4 Å². The summed E-state index contributed by atoms with van der Waals surface area (Å²) in [6, 6.07) is 11.2. The Morgan fingerprint density at radius 3 is 2.47 bits per heavy atom. The quantitative estimate of drug-likeness (QED) is 0.496. The number of aliphatic carboxylic acids is 1. The van der Waals surface area contributed by atoms with E-state index in [-0.39, 0.29) is 17.0 Å². The number of carboxylic acids is 1. The van der Waals surface area contributed by atoms with Crippen molar-refractivity contribution in [3.8, 4) is 0 Å². The lowest BCUT2D eigenvalue weighted by Gasteiger charge is -2.32. The number of carboxylic acid groups (broad SMARTS) is 1. The molecule has 0 bridgehead atoms. The van der Waals surface area contributed by atoms with Gasteiger partial charge in [-0.25, -0.2) is 17.6 Å². The minimum absolute atomic E-state index is 0.00342. The van der Waals surface area contributed by atoms with Crippen LogP contribution >= 0.6 is 0 Å². The van der Waals surface area contributed by atoms with E-state index in [1.54, 1.807) is 24.3 Å². The number of carbonyl (C=O) groups excluding carboxylic acids is 1. The molecule has 0 amide bonds. The molecular formula is C21H19FN2O5S.